The van der Waals surface area contributed by atoms with Gasteiger partial charge < -0.3 is 10.6 Å². The highest BCUT2D eigenvalue weighted by molar-refractivity contribution is 6.30. The monoisotopic (exact) mass is 364 g/mol. The largest absolute Gasteiger partial charge is 0.340 e. The highest BCUT2D eigenvalue weighted by Crippen LogP contribution is 2.30. The smallest absolute Gasteiger partial charge is 0.227 e. The van der Waals surface area contributed by atoms with Crippen LogP contribution in [0.5, 0.6) is 0 Å². The Kier molecular flexibility index (Phi) is 4.54. The molecule has 1 amide bonds. The van der Waals surface area contributed by atoms with E-state index in [1.54, 1.807) is 0 Å². The lowest BCUT2D eigenvalue weighted by Crippen LogP contribution is -2.13. The summed E-state index contributed by atoms with van der Waals surface area (Å²) in [5.41, 5.74) is 3.32. The fourth-order valence-electron chi connectivity index (χ4n) is 2.64. The number of nitrogens with zero attached hydrogens (tertiary/aromatic N) is 2. The predicted molar refractivity (Wildman–Crippen MR) is 104 cm³/mol. The molecule has 6 heteroatoms. The van der Waals surface area contributed by atoms with Crippen LogP contribution in [0.25, 0.3) is 11.3 Å². The molecule has 0 aliphatic heterocycles. The van der Waals surface area contributed by atoms with Crippen LogP contribution in [0.3, 0.4) is 0 Å². The quantitative estimate of drug-likeness (QED) is 0.676. The summed E-state index contributed by atoms with van der Waals surface area (Å²) >= 11 is 6.06. The Bertz CT molecular complexity index is 956. The van der Waals surface area contributed by atoms with Gasteiger partial charge in [0.05, 0.1) is 5.69 Å². The average Bonchev–Trinajstić information content (AvgIpc) is 3.47. The Morgan fingerprint density at radius 3 is 2.62 bits per heavy atom. The minimum Gasteiger partial charge on any atom is -0.340 e. The van der Waals surface area contributed by atoms with Gasteiger partial charge in [0.25, 0.3) is 0 Å². The zero-order chi connectivity index (χ0) is 17.9. The SMILES string of the molecule is O=C(Nc1cccc(Nc2cc(-c3cccc(Cl)c3)ncn2)c1)C1CC1. The fourth-order valence-corrected chi connectivity index (χ4v) is 2.83. The van der Waals surface area contributed by atoms with Crippen LogP contribution in [0.1, 0.15) is 12.8 Å². The molecular formula is C20H17ClN4O. The number of benzene rings is 2. The molecule has 0 atom stereocenters. The second kappa shape index (κ2) is 7.14. The zero-order valence-corrected chi connectivity index (χ0v) is 14.7. The van der Waals surface area contributed by atoms with Crippen LogP contribution in [-0.2, 0) is 4.79 Å². The van der Waals surface area contributed by atoms with Crippen molar-refractivity contribution in [1.29, 1.82) is 0 Å². The van der Waals surface area contributed by atoms with Crippen LogP contribution < -0.4 is 10.6 Å². The minimum atomic E-state index is 0.0902. The molecular weight excluding hydrogens is 348 g/mol. The first kappa shape index (κ1) is 16.5. The van der Waals surface area contributed by atoms with Crippen molar-refractivity contribution in [1.82, 2.24) is 9.97 Å². The van der Waals surface area contributed by atoms with Crippen molar-refractivity contribution in [2.24, 2.45) is 5.92 Å². The van der Waals surface area contributed by atoms with Crippen molar-refractivity contribution in [2.45, 2.75) is 12.8 Å². The molecule has 2 N–H and O–H groups in total. The van der Waals surface area contributed by atoms with Gasteiger partial charge in [0.1, 0.15) is 12.1 Å². The minimum absolute atomic E-state index is 0.0902. The van der Waals surface area contributed by atoms with Crippen molar-refractivity contribution in [2.75, 3.05) is 10.6 Å². The van der Waals surface area contributed by atoms with Crippen molar-refractivity contribution >= 4 is 34.7 Å². The van der Waals surface area contributed by atoms with Crippen LogP contribution in [0.2, 0.25) is 5.02 Å². The Morgan fingerprint density at radius 2 is 1.81 bits per heavy atom. The summed E-state index contributed by atoms with van der Waals surface area (Å²) in [4.78, 5) is 20.5. The summed E-state index contributed by atoms with van der Waals surface area (Å²) in [7, 11) is 0. The van der Waals surface area contributed by atoms with Crippen molar-refractivity contribution in [3.05, 3.63) is 65.9 Å². The lowest BCUT2D eigenvalue weighted by molar-refractivity contribution is -0.117. The lowest BCUT2D eigenvalue weighted by Gasteiger charge is -2.10. The topological polar surface area (TPSA) is 66.9 Å². The molecule has 1 saturated carbocycles. The molecule has 0 radical (unpaired) electrons. The maximum absolute atomic E-state index is 11.9. The van der Waals surface area contributed by atoms with Gasteiger partial charge in [-0.15, -0.1) is 0 Å². The highest BCUT2D eigenvalue weighted by atomic mass is 35.5. The van der Waals surface area contributed by atoms with Gasteiger partial charge in [0.2, 0.25) is 5.91 Å². The average molecular weight is 365 g/mol. The third-order valence-corrected chi connectivity index (χ3v) is 4.37. The second-order valence-electron chi connectivity index (χ2n) is 6.27. The van der Waals surface area contributed by atoms with E-state index in [2.05, 4.69) is 20.6 Å². The maximum Gasteiger partial charge on any atom is 0.227 e. The molecule has 130 valence electrons. The van der Waals surface area contributed by atoms with E-state index in [0.717, 1.165) is 35.5 Å². The lowest BCUT2D eigenvalue weighted by atomic mass is 10.1. The molecule has 2 aromatic carbocycles. The van der Waals surface area contributed by atoms with Crippen LogP contribution in [0.4, 0.5) is 17.2 Å². The number of rotatable bonds is 5. The van der Waals surface area contributed by atoms with E-state index in [0.29, 0.717) is 10.8 Å². The van der Waals surface area contributed by atoms with Crippen molar-refractivity contribution in [3.63, 3.8) is 0 Å². The molecule has 3 aromatic rings. The Hall–Kier alpha value is -2.92. The van der Waals surface area contributed by atoms with Gasteiger partial charge in [-0.25, -0.2) is 9.97 Å². The maximum atomic E-state index is 11.9. The molecule has 1 heterocycles. The van der Waals surface area contributed by atoms with Crippen LogP contribution in [0, 0.1) is 5.92 Å². The molecule has 26 heavy (non-hydrogen) atoms. The number of carbonyl (C=O) groups is 1. The van der Waals surface area contributed by atoms with E-state index in [-0.39, 0.29) is 11.8 Å². The Balaban J connectivity index is 1.52. The number of halogens is 1. The summed E-state index contributed by atoms with van der Waals surface area (Å²) in [6, 6.07) is 17.0. The summed E-state index contributed by atoms with van der Waals surface area (Å²) in [6.07, 6.45) is 3.48. The van der Waals surface area contributed by atoms with E-state index in [1.807, 2.05) is 54.6 Å². The van der Waals surface area contributed by atoms with Crippen LogP contribution in [0.15, 0.2) is 60.9 Å². The van der Waals surface area contributed by atoms with Crippen LogP contribution >= 0.6 is 11.6 Å². The number of aromatic nitrogens is 2. The third-order valence-electron chi connectivity index (χ3n) is 4.14. The molecule has 1 aromatic heterocycles. The third kappa shape index (κ3) is 4.00. The first-order valence-corrected chi connectivity index (χ1v) is 8.81. The molecule has 4 rings (SSSR count). The van der Waals surface area contributed by atoms with E-state index in [4.69, 9.17) is 11.6 Å². The van der Waals surface area contributed by atoms with Crippen molar-refractivity contribution in [3.8, 4) is 11.3 Å². The number of nitrogens with one attached hydrogen (secondary N) is 2. The van der Waals surface area contributed by atoms with Gasteiger partial charge >= 0.3 is 0 Å². The fraction of sp³-hybridized carbons (Fsp3) is 0.150. The first-order chi connectivity index (χ1) is 12.7. The predicted octanol–water partition coefficient (Wildman–Crippen LogP) is 4.89. The van der Waals surface area contributed by atoms with Gasteiger partial charge in [-0.05, 0) is 43.2 Å². The molecule has 1 aliphatic rings. The summed E-state index contributed by atoms with van der Waals surface area (Å²) in [5, 5.41) is 6.86. The zero-order valence-electron chi connectivity index (χ0n) is 13.9. The molecule has 1 fully saturated rings. The molecule has 0 bridgehead atoms. The summed E-state index contributed by atoms with van der Waals surface area (Å²) < 4.78 is 0. The molecule has 0 unspecified atom stereocenters. The van der Waals surface area contributed by atoms with E-state index in [1.165, 1.54) is 6.33 Å². The molecule has 5 nitrogen and oxygen atoms in total. The second-order valence-corrected chi connectivity index (χ2v) is 6.70. The van der Waals surface area contributed by atoms with E-state index < -0.39 is 0 Å². The summed E-state index contributed by atoms with van der Waals surface area (Å²) in [6.45, 7) is 0. The Labute approximate surface area is 156 Å². The highest BCUT2D eigenvalue weighted by Gasteiger charge is 2.29. The van der Waals surface area contributed by atoms with Gasteiger partial charge in [-0.1, -0.05) is 29.8 Å². The standard InChI is InChI=1S/C20H17ClN4O/c21-15-4-1-3-14(9-15)18-11-19(23-12-22-18)24-16-5-2-6-17(10-16)25-20(26)13-7-8-13/h1-6,9-13H,7-8H2,(H,25,26)(H,22,23,24). The van der Waals surface area contributed by atoms with Gasteiger partial charge in [-0.3, -0.25) is 4.79 Å². The molecule has 1 aliphatic carbocycles. The van der Waals surface area contributed by atoms with E-state index in [9.17, 15) is 4.79 Å². The van der Waals surface area contributed by atoms with E-state index >= 15 is 0 Å². The number of carbonyl (C=O) groups excluding carboxylic acids is 1. The number of hydrogen-bond donors (Lipinski definition) is 2. The van der Waals surface area contributed by atoms with Gasteiger partial charge in [0, 0.05) is 33.9 Å². The Morgan fingerprint density at radius 1 is 1.00 bits per heavy atom. The van der Waals surface area contributed by atoms with Crippen molar-refractivity contribution < 1.29 is 4.79 Å². The van der Waals surface area contributed by atoms with Crippen LogP contribution in [-0.4, -0.2) is 15.9 Å². The number of hydrogen-bond acceptors (Lipinski definition) is 4. The number of anilines is 3. The molecule has 0 saturated heterocycles. The normalized spacial score (nSPS) is 13.3. The molecule has 0 spiro atoms. The van der Waals surface area contributed by atoms with Gasteiger partial charge in [-0.2, -0.15) is 0 Å². The van der Waals surface area contributed by atoms with Gasteiger partial charge in [0.15, 0.2) is 0 Å². The summed E-state index contributed by atoms with van der Waals surface area (Å²) in [5.74, 6) is 0.932. The number of amides is 1. The first-order valence-electron chi connectivity index (χ1n) is 8.43.